The average Bonchev–Trinajstić information content (AvgIpc) is 2.82. The van der Waals surface area contributed by atoms with Gasteiger partial charge in [-0.2, -0.15) is 0 Å². The number of phenolic OH excluding ortho intramolecular Hbond substituents is 2. The second-order valence-corrected chi connectivity index (χ2v) is 12.4. The molecule has 0 spiro atoms. The molecule has 0 aliphatic heterocycles. The minimum atomic E-state index is -3.60. The van der Waals surface area contributed by atoms with E-state index in [1.807, 2.05) is 38.1 Å². The van der Waals surface area contributed by atoms with Crippen LogP contribution in [0.25, 0.3) is 0 Å². The molecule has 5 N–H and O–H groups in total. The summed E-state index contributed by atoms with van der Waals surface area (Å²) in [5.41, 5.74) is 2.29. The summed E-state index contributed by atoms with van der Waals surface area (Å²) in [4.78, 5) is 14.3. The number of sulfonamides is 1. The maximum absolute atomic E-state index is 13.6. The Morgan fingerprint density at radius 2 is 1.73 bits per heavy atom. The van der Waals surface area contributed by atoms with Crippen LogP contribution in [0.1, 0.15) is 42.2 Å². The molecule has 11 heteroatoms. The highest BCUT2D eigenvalue weighted by Crippen LogP contribution is 2.28. The lowest BCUT2D eigenvalue weighted by atomic mass is 9.93. The molecule has 0 saturated heterocycles. The number of halogens is 1. The lowest BCUT2D eigenvalue weighted by Crippen LogP contribution is -2.43. The van der Waals surface area contributed by atoms with Gasteiger partial charge in [-0.3, -0.25) is 9.52 Å². The summed E-state index contributed by atoms with van der Waals surface area (Å²) in [5.74, 6) is -1.15. The van der Waals surface area contributed by atoms with E-state index >= 15 is 0 Å². The summed E-state index contributed by atoms with van der Waals surface area (Å²) in [6.45, 7) is 4.30. The number of benzene rings is 3. The number of aliphatic hydroxyl groups excluding tert-OH is 1. The standard InChI is InChI=1S/C29H36FN3O6S/c1-29(2,31-17-27(36)22-8-9-26(35)25(14-22)32-40(4,38)39)16-20-7-5-6-19(10-20)13-28(37)33(3)18-21-11-23(30)15-24(34)12-21/h5-12,14-15,27,31-32,34-36H,13,16-18H2,1-4H3/t27-/m1/s1. The number of likely N-dealkylation sites (N-methyl/N-ethyl adjacent to an activating group) is 1. The number of anilines is 1. The molecule has 216 valence electrons. The summed E-state index contributed by atoms with van der Waals surface area (Å²) < 4.78 is 38.9. The van der Waals surface area contributed by atoms with E-state index < -0.39 is 27.5 Å². The number of rotatable bonds is 12. The first-order chi connectivity index (χ1) is 18.6. The Morgan fingerprint density at radius 3 is 2.40 bits per heavy atom. The Bertz CT molecular complexity index is 1440. The SMILES string of the molecule is CN(Cc1cc(O)cc(F)c1)C(=O)Cc1cccc(CC(C)(C)NC[C@@H](O)c2ccc(O)c(NS(C)(=O)=O)c2)c1. The van der Waals surface area contributed by atoms with Gasteiger partial charge in [-0.15, -0.1) is 0 Å². The van der Waals surface area contributed by atoms with Gasteiger partial charge >= 0.3 is 0 Å². The fourth-order valence-electron chi connectivity index (χ4n) is 4.35. The van der Waals surface area contributed by atoms with Gasteiger partial charge in [0.05, 0.1) is 24.5 Å². The van der Waals surface area contributed by atoms with Gasteiger partial charge in [0.2, 0.25) is 15.9 Å². The van der Waals surface area contributed by atoms with Crippen LogP contribution in [-0.4, -0.2) is 59.9 Å². The number of carbonyl (C=O) groups is 1. The summed E-state index contributed by atoms with van der Waals surface area (Å²) >= 11 is 0. The molecule has 1 amide bonds. The number of carbonyl (C=O) groups excluding carboxylic acids is 1. The van der Waals surface area contributed by atoms with Crippen molar-refractivity contribution < 1.29 is 32.9 Å². The molecule has 3 rings (SSSR count). The molecule has 0 heterocycles. The van der Waals surface area contributed by atoms with E-state index in [1.54, 1.807) is 7.05 Å². The predicted octanol–water partition coefficient (Wildman–Crippen LogP) is 3.45. The van der Waals surface area contributed by atoms with E-state index in [0.29, 0.717) is 17.5 Å². The molecule has 0 radical (unpaired) electrons. The lowest BCUT2D eigenvalue weighted by molar-refractivity contribution is -0.129. The fourth-order valence-corrected chi connectivity index (χ4v) is 4.91. The zero-order valence-corrected chi connectivity index (χ0v) is 23.8. The predicted molar refractivity (Wildman–Crippen MR) is 152 cm³/mol. The maximum Gasteiger partial charge on any atom is 0.229 e. The molecule has 0 aliphatic carbocycles. The van der Waals surface area contributed by atoms with E-state index in [-0.39, 0.29) is 42.6 Å². The molecule has 0 aliphatic rings. The molecule has 0 aromatic heterocycles. The van der Waals surface area contributed by atoms with Gasteiger partial charge in [0, 0.05) is 31.7 Å². The molecule has 3 aromatic rings. The van der Waals surface area contributed by atoms with Gasteiger partial charge in [0.15, 0.2) is 0 Å². The molecule has 0 fully saturated rings. The number of hydrogen-bond donors (Lipinski definition) is 5. The minimum absolute atomic E-state index is 0.00982. The average molecular weight is 574 g/mol. The van der Waals surface area contributed by atoms with Gasteiger partial charge in [0.25, 0.3) is 0 Å². The number of β-amino-alcohol motifs (C(OH)–C–C–N with tert-alkyl or cyclic N) is 1. The topological polar surface area (TPSA) is 139 Å². The van der Waals surface area contributed by atoms with Crippen molar-refractivity contribution in [1.29, 1.82) is 0 Å². The third-order valence-electron chi connectivity index (χ3n) is 6.26. The monoisotopic (exact) mass is 573 g/mol. The van der Waals surface area contributed by atoms with E-state index in [0.717, 1.165) is 23.4 Å². The second-order valence-electron chi connectivity index (χ2n) is 10.7. The number of nitrogens with zero attached hydrogens (tertiary/aromatic N) is 1. The maximum atomic E-state index is 13.6. The molecular formula is C29H36FN3O6S. The Labute approximate surface area is 234 Å². The third kappa shape index (κ3) is 9.51. The highest BCUT2D eigenvalue weighted by Gasteiger charge is 2.21. The van der Waals surface area contributed by atoms with Crippen LogP contribution in [0.3, 0.4) is 0 Å². The van der Waals surface area contributed by atoms with Crippen molar-refractivity contribution >= 4 is 21.6 Å². The Balaban J connectivity index is 1.59. The van der Waals surface area contributed by atoms with E-state index in [1.165, 1.54) is 35.2 Å². The van der Waals surface area contributed by atoms with E-state index in [9.17, 15) is 32.9 Å². The highest BCUT2D eigenvalue weighted by atomic mass is 32.2. The zero-order valence-electron chi connectivity index (χ0n) is 23.0. The van der Waals surface area contributed by atoms with Gasteiger partial charge in [0.1, 0.15) is 17.3 Å². The molecule has 40 heavy (non-hydrogen) atoms. The summed E-state index contributed by atoms with van der Waals surface area (Å²) in [6, 6.07) is 15.6. The van der Waals surface area contributed by atoms with E-state index in [4.69, 9.17) is 0 Å². The molecule has 9 nitrogen and oxygen atoms in total. The first-order valence-electron chi connectivity index (χ1n) is 12.6. The van der Waals surface area contributed by atoms with E-state index in [2.05, 4.69) is 10.0 Å². The van der Waals surface area contributed by atoms with Crippen LogP contribution in [0.2, 0.25) is 0 Å². The number of aromatic hydroxyl groups is 2. The molecule has 3 aromatic carbocycles. The summed E-state index contributed by atoms with van der Waals surface area (Å²) in [7, 11) is -1.97. The molecule has 0 unspecified atom stereocenters. The molecule has 0 saturated carbocycles. The van der Waals surface area contributed by atoms with Gasteiger partial charge in [-0.25, -0.2) is 12.8 Å². The summed E-state index contributed by atoms with van der Waals surface area (Å²) in [6.07, 6.45) is 0.765. The van der Waals surface area contributed by atoms with Crippen LogP contribution in [0.4, 0.5) is 10.1 Å². The van der Waals surface area contributed by atoms with Crippen LogP contribution in [-0.2, 0) is 34.2 Å². The quantitative estimate of drug-likeness (QED) is 0.209. The first-order valence-corrected chi connectivity index (χ1v) is 14.5. The smallest absolute Gasteiger partial charge is 0.229 e. The Kier molecular flexibility index (Phi) is 9.78. The van der Waals surface area contributed by atoms with Crippen LogP contribution in [0, 0.1) is 5.82 Å². The summed E-state index contributed by atoms with van der Waals surface area (Å²) in [5, 5.41) is 33.5. The van der Waals surface area contributed by atoms with Crippen LogP contribution >= 0.6 is 0 Å². The van der Waals surface area contributed by atoms with Gasteiger partial charge < -0.3 is 25.5 Å². The first kappa shape index (κ1) is 30.9. The zero-order chi connectivity index (χ0) is 29.7. The van der Waals surface area contributed by atoms with Crippen molar-refractivity contribution in [1.82, 2.24) is 10.2 Å². The highest BCUT2D eigenvalue weighted by molar-refractivity contribution is 7.92. The minimum Gasteiger partial charge on any atom is -0.508 e. The van der Waals surface area contributed by atoms with Crippen LogP contribution in [0.15, 0.2) is 60.7 Å². The van der Waals surface area contributed by atoms with Crippen molar-refractivity contribution in [2.75, 3.05) is 24.6 Å². The Morgan fingerprint density at radius 1 is 1.02 bits per heavy atom. The van der Waals surface area contributed by atoms with Crippen LogP contribution < -0.4 is 10.0 Å². The molecule has 1 atom stereocenters. The van der Waals surface area contributed by atoms with Crippen molar-refractivity contribution in [2.24, 2.45) is 0 Å². The largest absolute Gasteiger partial charge is 0.508 e. The normalized spacial score (nSPS) is 12.7. The number of amides is 1. The van der Waals surface area contributed by atoms with Crippen LogP contribution in [0.5, 0.6) is 11.5 Å². The lowest BCUT2D eigenvalue weighted by Gasteiger charge is -2.28. The molecular weight excluding hydrogens is 537 g/mol. The third-order valence-corrected chi connectivity index (χ3v) is 6.85. The van der Waals surface area contributed by atoms with Gasteiger partial charge in [-0.05, 0) is 66.8 Å². The second kappa shape index (κ2) is 12.7. The number of phenols is 2. The van der Waals surface area contributed by atoms with Crippen molar-refractivity contribution in [2.45, 2.75) is 44.9 Å². The van der Waals surface area contributed by atoms with Gasteiger partial charge in [-0.1, -0.05) is 30.3 Å². The fraction of sp³-hybridized carbons (Fsp3) is 0.345. The number of hydrogen-bond acceptors (Lipinski definition) is 7. The Hall–Kier alpha value is -3.67. The number of aliphatic hydroxyl groups is 1. The molecule has 0 bridgehead atoms. The number of nitrogens with one attached hydrogen (secondary N) is 2. The van der Waals surface area contributed by atoms with Crippen molar-refractivity contribution in [3.63, 3.8) is 0 Å². The van der Waals surface area contributed by atoms with Crippen molar-refractivity contribution in [3.8, 4) is 11.5 Å². The van der Waals surface area contributed by atoms with Crippen molar-refractivity contribution in [3.05, 3.63) is 88.7 Å².